The lowest BCUT2D eigenvalue weighted by Crippen LogP contribution is -2.15. The van der Waals surface area contributed by atoms with Crippen LogP contribution in [0.2, 0.25) is 0 Å². The number of nitrogens with two attached hydrogens (primary N) is 1. The zero-order valence-electron chi connectivity index (χ0n) is 6.40. The second kappa shape index (κ2) is 4.82. The molecular weight excluding hydrogens is 174 g/mol. The molecule has 0 heterocycles. The highest BCUT2D eigenvalue weighted by molar-refractivity contribution is 7.65. The van der Waals surface area contributed by atoms with Crippen molar-refractivity contribution in [3.05, 3.63) is 35.9 Å². The Labute approximate surface area is 74.2 Å². The highest BCUT2D eigenvalue weighted by atomic mass is 32.1. The molecule has 1 rings (SSSR count). The van der Waals surface area contributed by atoms with E-state index in [1.165, 1.54) is 0 Å². The van der Waals surface area contributed by atoms with Gasteiger partial charge in [-0.1, -0.05) is 30.3 Å². The zero-order chi connectivity index (χ0) is 8.81. The first-order valence-corrected chi connectivity index (χ1v) is 4.16. The number of rotatable bonds is 2. The van der Waals surface area contributed by atoms with Crippen LogP contribution in [0.15, 0.2) is 30.3 Å². The lowest BCUT2D eigenvalue weighted by Gasteiger charge is -1.99. The summed E-state index contributed by atoms with van der Waals surface area (Å²) in [6.45, 7) is 0.349. The smallest absolute Gasteiger partial charge is 0.214 e. The highest BCUT2D eigenvalue weighted by Gasteiger charge is 1.92. The van der Waals surface area contributed by atoms with Gasteiger partial charge in [0, 0.05) is 0 Å². The highest BCUT2D eigenvalue weighted by Crippen LogP contribution is 1.99. The molecule has 2 N–H and O–H groups in total. The minimum atomic E-state index is -0.0427. The van der Waals surface area contributed by atoms with Gasteiger partial charge in [-0.3, -0.25) is 5.73 Å². The average Bonchev–Trinajstić information content (AvgIpc) is 2.16. The third kappa shape index (κ3) is 2.96. The average molecular weight is 183 g/mol. The van der Waals surface area contributed by atoms with Crippen molar-refractivity contribution < 1.29 is 8.95 Å². The molecule has 0 radical (unpaired) electrons. The van der Waals surface area contributed by atoms with E-state index >= 15 is 0 Å². The molecule has 3 nitrogen and oxygen atoms in total. The Hall–Kier alpha value is -0.970. The first kappa shape index (κ1) is 9.12. The molecule has 1 aromatic rings. The molecule has 0 aliphatic rings. The summed E-state index contributed by atoms with van der Waals surface area (Å²) in [5.41, 5.74) is 6.16. The summed E-state index contributed by atoms with van der Waals surface area (Å²) < 4.78 is 15.0. The molecule has 4 heteroatoms. The van der Waals surface area contributed by atoms with Crippen LogP contribution in [0.25, 0.3) is 0 Å². The van der Waals surface area contributed by atoms with Gasteiger partial charge in [0.15, 0.2) is 0 Å². The summed E-state index contributed by atoms with van der Waals surface area (Å²) in [5, 5.41) is -0.0427. The Kier molecular flexibility index (Phi) is 3.66. The summed E-state index contributed by atoms with van der Waals surface area (Å²) in [6, 6.07) is 9.53. The molecule has 0 saturated heterocycles. The van der Waals surface area contributed by atoms with Gasteiger partial charge in [-0.05, 0) is 5.56 Å². The van der Waals surface area contributed by atoms with Crippen LogP contribution in [-0.4, -0.2) is 9.38 Å². The standard InChI is InChI=1S/C8H9NO2S/c9-8(12-10)11-6-7-4-2-1-3-5-7/h1-5H,6,9H2. The van der Waals surface area contributed by atoms with E-state index in [2.05, 4.69) is 0 Å². The van der Waals surface area contributed by atoms with E-state index in [1.807, 2.05) is 30.3 Å². The normalized spacial score (nSPS) is 9.42. The lowest BCUT2D eigenvalue weighted by molar-refractivity contribution is 0.296. The minimum Gasteiger partial charge on any atom is -0.320 e. The van der Waals surface area contributed by atoms with Crippen molar-refractivity contribution >= 4 is 16.4 Å². The Morgan fingerprint density at radius 3 is 2.67 bits per heavy atom. The van der Waals surface area contributed by atoms with Gasteiger partial charge in [-0.15, -0.1) is 0 Å². The van der Waals surface area contributed by atoms with Crippen molar-refractivity contribution in [3.63, 3.8) is 0 Å². The second-order valence-electron chi connectivity index (χ2n) is 2.18. The molecule has 0 atom stereocenters. The van der Waals surface area contributed by atoms with Gasteiger partial charge < -0.3 is 4.74 Å². The van der Waals surface area contributed by atoms with Crippen molar-refractivity contribution in [1.29, 1.82) is 0 Å². The zero-order valence-corrected chi connectivity index (χ0v) is 7.21. The van der Waals surface area contributed by atoms with Crippen molar-refractivity contribution in [2.75, 3.05) is 0 Å². The molecule has 0 aromatic heterocycles. The van der Waals surface area contributed by atoms with Gasteiger partial charge in [-0.2, -0.15) is 0 Å². The van der Waals surface area contributed by atoms with Crippen molar-refractivity contribution in [1.82, 2.24) is 0 Å². The van der Waals surface area contributed by atoms with Crippen LogP contribution in [0.4, 0.5) is 0 Å². The molecule has 1 aromatic carbocycles. The largest absolute Gasteiger partial charge is 0.320 e. The molecule has 0 unspecified atom stereocenters. The number of hydrogen-bond acceptors (Lipinski definition) is 2. The SMILES string of the molecule is NC(OCc1ccccc1)=S=O. The maximum atomic E-state index is 10.1. The predicted molar refractivity (Wildman–Crippen MR) is 48.6 cm³/mol. The van der Waals surface area contributed by atoms with E-state index in [1.54, 1.807) is 0 Å². The van der Waals surface area contributed by atoms with E-state index in [-0.39, 0.29) is 16.4 Å². The van der Waals surface area contributed by atoms with Gasteiger partial charge in [0.1, 0.15) is 11.3 Å². The van der Waals surface area contributed by atoms with Crippen LogP contribution in [0.5, 0.6) is 0 Å². The Morgan fingerprint density at radius 2 is 2.08 bits per heavy atom. The molecular formula is C8H9NO2S. The number of ether oxygens (including phenoxy) is 1. The fourth-order valence-corrected chi connectivity index (χ4v) is 0.860. The Bertz CT molecular complexity index is 293. The molecule has 0 amide bonds. The molecule has 0 spiro atoms. The summed E-state index contributed by atoms with van der Waals surface area (Å²) in [5.74, 6) is 0. The number of hydrogen-bond donors (Lipinski definition) is 1. The molecule has 64 valence electrons. The van der Waals surface area contributed by atoms with Crippen LogP contribution in [0.1, 0.15) is 5.56 Å². The maximum Gasteiger partial charge on any atom is 0.214 e. The number of benzene rings is 1. The summed E-state index contributed by atoms with van der Waals surface area (Å²) in [7, 11) is 0. The van der Waals surface area contributed by atoms with Crippen LogP contribution >= 0.6 is 0 Å². The third-order valence-corrected chi connectivity index (χ3v) is 1.59. The topological polar surface area (TPSA) is 52.3 Å². The van der Waals surface area contributed by atoms with Crippen LogP contribution in [0.3, 0.4) is 0 Å². The molecule has 0 aliphatic heterocycles. The minimum absolute atomic E-state index is 0.0427. The van der Waals surface area contributed by atoms with E-state index < -0.39 is 0 Å². The van der Waals surface area contributed by atoms with Crippen molar-refractivity contribution in [3.8, 4) is 0 Å². The fourth-order valence-electron chi connectivity index (χ4n) is 0.753. The Balaban J connectivity index is 2.49. The van der Waals surface area contributed by atoms with Gasteiger partial charge >= 0.3 is 0 Å². The van der Waals surface area contributed by atoms with Gasteiger partial charge in [0.05, 0.1) is 6.61 Å². The van der Waals surface area contributed by atoms with Crippen molar-refractivity contribution in [2.45, 2.75) is 6.61 Å². The molecule has 0 aliphatic carbocycles. The fraction of sp³-hybridized carbons (Fsp3) is 0.125. The van der Waals surface area contributed by atoms with E-state index in [4.69, 9.17) is 10.5 Å². The van der Waals surface area contributed by atoms with E-state index in [0.717, 1.165) is 5.56 Å². The lowest BCUT2D eigenvalue weighted by atomic mass is 10.2. The van der Waals surface area contributed by atoms with E-state index in [9.17, 15) is 4.21 Å². The van der Waals surface area contributed by atoms with Gasteiger partial charge in [-0.25, -0.2) is 4.21 Å². The summed E-state index contributed by atoms with van der Waals surface area (Å²) in [4.78, 5) is 0. The quantitative estimate of drug-likeness (QED) is 0.678. The predicted octanol–water partition coefficient (Wildman–Crippen LogP) is 0.462. The molecule has 0 saturated carbocycles. The monoisotopic (exact) mass is 183 g/mol. The molecule has 0 fully saturated rings. The van der Waals surface area contributed by atoms with Gasteiger partial charge in [0.2, 0.25) is 5.17 Å². The van der Waals surface area contributed by atoms with Crippen LogP contribution in [-0.2, 0) is 22.6 Å². The first-order valence-electron chi connectivity index (χ1n) is 3.42. The molecule has 0 bridgehead atoms. The first-order chi connectivity index (χ1) is 5.83. The van der Waals surface area contributed by atoms with Crippen molar-refractivity contribution in [2.24, 2.45) is 5.73 Å². The summed E-state index contributed by atoms with van der Waals surface area (Å²) in [6.07, 6.45) is 0. The third-order valence-electron chi connectivity index (χ3n) is 1.31. The maximum absolute atomic E-state index is 10.1. The van der Waals surface area contributed by atoms with Gasteiger partial charge in [0.25, 0.3) is 0 Å². The second-order valence-corrected chi connectivity index (χ2v) is 2.75. The van der Waals surface area contributed by atoms with Crippen LogP contribution in [0, 0.1) is 0 Å². The van der Waals surface area contributed by atoms with Crippen LogP contribution < -0.4 is 5.73 Å². The summed E-state index contributed by atoms with van der Waals surface area (Å²) >= 11 is 0.166. The van der Waals surface area contributed by atoms with E-state index in [0.29, 0.717) is 6.61 Å². The molecule has 12 heavy (non-hydrogen) atoms. The Morgan fingerprint density at radius 1 is 1.42 bits per heavy atom.